The summed E-state index contributed by atoms with van der Waals surface area (Å²) in [6, 6.07) is 0.483. The molecule has 0 aliphatic carbocycles. The fourth-order valence-corrected chi connectivity index (χ4v) is 1.69. The standard InChI is InChI=1S/C9H21N3O/c1-13-6-2-4-12-5-3-11-9(7-10)8-12/h9,11H,2-8,10H2,1H3. The van der Waals surface area contributed by atoms with Crippen LogP contribution in [0.2, 0.25) is 0 Å². The quantitative estimate of drug-likeness (QED) is 0.556. The Kier molecular flexibility index (Phi) is 5.31. The van der Waals surface area contributed by atoms with Crippen molar-refractivity contribution >= 4 is 0 Å². The molecule has 1 heterocycles. The molecule has 1 aliphatic rings. The summed E-state index contributed by atoms with van der Waals surface area (Å²) in [7, 11) is 1.75. The van der Waals surface area contributed by atoms with Gasteiger partial charge in [0.15, 0.2) is 0 Å². The van der Waals surface area contributed by atoms with Crippen molar-refractivity contribution in [3.05, 3.63) is 0 Å². The average molecular weight is 187 g/mol. The molecule has 0 amide bonds. The van der Waals surface area contributed by atoms with Crippen molar-refractivity contribution in [1.29, 1.82) is 0 Å². The zero-order chi connectivity index (χ0) is 9.52. The third-order valence-corrected chi connectivity index (χ3v) is 2.45. The highest BCUT2D eigenvalue weighted by Crippen LogP contribution is 1.99. The summed E-state index contributed by atoms with van der Waals surface area (Å²) >= 11 is 0. The predicted octanol–water partition coefficient (Wildman–Crippen LogP) is -0.745. The molecule has 4 nitrogen and oxygen atoms in total. The third kappa shape index (κ3) is 4.04. The van der Waals surface area contributed by atoms with E-state index in [0.29, 0.717) is 6.04 Å². The molecule has 4 heteroatoms. The van der Waals surface area contributed by atoms with Crippen LogP contribution >= 0.6 is 0 Å². The van der Waals surface area contributed by atoms with Crippen LogP contribution in [0.5, 0.6) is 0 Å². The number of piperazine rings is 1. The van der Waals surface area contributed by atoms with Crippen LogP contribution in [0.15, 0.2) is 0 Å². The van der Waals surface area contributed by atoms with E-state index in [1.54, 1.807) is 7.11 Å². The van der Waals surface area contributed by atoms with Gasteiger partial charge in [0.05, 0.1) is 0 Å². The minimum absolute atomic E-state index is 0.483. The minimum Gasteiger partial charge on any atom is -0.385 e. The molecular weight excluding hydrogens is 166 g/mol. The first kappa shape index (κ1) is 10.9. The van der Waals surface area contributed by atoms with Gasteiger partial charge in [-0.25, -0.2) is 0 Å². The van der Waals surface area contributed by atoms with Crippen LogP contribution in [0, 0.1) is 0 Å². The number of methoxy groups -OCH3 is 1. The first-order chi connectivity index (χ1) is 6.36. The molecule has 1 saturated heterocycles. The number of hydrogen-bond donors (Lipinski definition) is 2. The Morgan fingerprint density at radius 3 is 3.15 bits per heavy atom. The van der Waals surface area contributed by atoms with Gasteiger partial charge in [0.2, 0.25) is 0 Å². The predicted molar refractivity (Wildman–Crippen MR) is 53.8 cm³/mol. The summed E-state index contributed by atoms with van der Waals surface area (Å²) in [5.74, 6) is 0. The lowest BCUT2D eigenvalue weighted by Gasteiger charge is -2.32. The average Bonchev–Trinajstić information content (AvgIpc) is 2.19. The van der Waals surface area contributed by atoms with Crippen LogP contribution in [0.4, 0.5) is 0 Å². The van der Waals surface area contributed by atoms with E-state index in [0.717, 1.165) is 45.8 Å². The van der Waals surface area contributed by atoms with Crippen molar-refractivity contribution in [3.63, 3.8) is 0 Å². The van der Waals surface area contributed by atoms with Crippen molar-refractivity contribution in [2.24, 2.45) is 5.73 Å². The lowest BCUT2D eigenvalue weighted by atomic mass is 10.2. The van der Waals surface area contributed by atoms with Crippen molar-refractivity contribution in [3.8, 4) is 0 Å². The first-order valence-corrected chi connectivity index (χ1v) is 5.01. The van der Waals surface area contributed by atoms with E-state index in [9.17, 15) is 0 Å². The Morgan fingerprint density at radius 1 is 1.62 bits per heavy atom. The largest absolute Gasteiger partial charge is 0.385 e. The maximum atomic E-state index is 5.61. The van der Waals surface area contributed by atoms with Gasteiger partial charge in [0.1, 0.15) is 0 Å². The molecule has 0 aromatic rings. The topological polar surface area (TPSA) is 50.5 Å². The van der Waals surface area contributed by atoms with Crippen LogP contribution in [0.1, 0.15) is 6.42 Å². The molecule has 0 aromatic carbocycles. The molecule has 1 unspecified atom stereocenters. The summed E-state index contributed by atoms with van der Waals surface area (Å²) in [4.78, 5) is 2.45. The highest BCUT2D eigenvalue weighted by Gasteiger charge is 2.16. The highest BCUT2D eigenvalue weighted by molar-refractivity contribution is 4.78. The highest BCUT2D eigenvalue weighted by atomic mass is 16.5. The van der Waals surface area contributed by atoms with Crippen molar-refractivity contribution < 1.29 is 4.74 Å². The molecule has 3 N–H and O–H groups in total. The van der Waals surface area contributed by atoms with E-state index in [4.69, 9.17) is 10.5 Å². The monoisotopic (exact) mass is 187 g/mol. The Hall–Kier alpha value is -0.160. The Morgan fingerprint density at radius 2 is 2.46 bits per heavy atom. The van der Waals surface area contributed by atoms with Gasteiger partial charge in [-0.2, -0.15) is 0 Å². The van der Waals surface area contributed by atoms with Gasteiger partial charge < -0.3 is 20.7 Å². The lowest BCUT2D eigenvalue weighted by molar-refractivity contribution is 0.154. The van der Waals surface area contributed by atoms with E-state index >= 15 is 0 Å². The molecule has 0 aromatic heterocycles. The van der Waals surface area contributed by atoms with Crippen LogP contribution in [0.25, 0.3) is 0 Å². The number of rotatable bonds is 5. The maximum absolute atomic E-state index is 5.61. The second-order valence-corrected chi connectivity index (χ2v) is 3.53. The Labute approximate surface area is 80.4 Å². The lowest BCUT2D eigenvalue weighted by Crippen LogP contribution is -2.53. The maximum Gasteiger partial charge on any atom is 0.0474 e. The molecule has 1 atom stereocenters. The summed E-state index contributed by atoms with van der Waals surface area (Å²) < 4.78 is 5.02. The molecule has 78 valence electrons. The molecule has 0 radical (unpaired) electrons. The third-order valence-electron chi connectivity index (χ3n) is 2.45. The molecule has 0 saturated carbocycles. The van der Waals surface area contributed by atoms with Crippen LogP contribution in [-0.2, 0) is 4.74 Å². The number of nitrogens with zero attached hydrogens (tertiary/aromatic N) is 1. The van der Waals surface area contributed by atoms with Gasteiger partial charge in [-0.3, -0.25) is 0 Å². The van der Waals surface area contributed by atoms with Crippen molar-refractivity contribution in [1.82, 2.24) is 10.2 Å². The van der Waals surface area contributed by atoms with E-state index in [-0.39, 0.29) is 0 Å². The summed E-state index contributed by atoms with van der Waals surface area (Å²) in [6.45, 7) is 6.01. The van der Waals surface area contributed by atoms with Gasteiger partial charge in [0, 0.05) is 52.5 Å². The summed E-state index contributed by atoms with van der Waals surface area (Å²) in [5, 5.41) is 3.39. The normalized spacial score (nSPS) is 24.9. The molecule has 0 spiro atoms. The van der Waals surface area contributed by atoms with E-state index in [2.05, 4.69) is 10.2 Å². The van der Waals surface area contributed by atoms with Gasteiger partial charge in [-0.1, -0.05) is 0 Å². The van der Waals surface area contributed by atoms with Crippen LogP contribution in [-0.4, -0.2) is 57.4 Å². The first-order valence-electron chi connectivity index (χ1n) is 5.01. The fourth-order valence-electron chi connectivity index (χ4n) is 1.69. The van der Waals surface area contributed by atoms with E-state index in [1.165, 1.54) is 0 Å². The molecule has 1 aliphatic heterocycles. The number of hydrogen-bond acceptors (Lipinski definition) is 4. The fraction of sp³-hybridized carbons (Fsp3) is 1.00. The zero-order valence-corrected chi connectivity index (χ0v) is 8.46. The number of ether oxygens (including phenoxy) is 1. The van der Waals surface area contributed by atoms with Crippen molar-refractivity contribution in [2.75, 3.05) is 46.4 Å². The molecule has 1 fully saturated rings. The summed E-state index contributed by atoms with van der Waals surface area (Å²) in [5.41, 5.74) is 5.61. The second kappa shape index (κ2) is 6.32. The molecule has 0 bridgehead atoms. The smallest absolute Gasteiger partial charge is 0.0474 e. The SMILES string of the molecule is COCCCN1CCNC(CN)C1. The second-order valence-electron chi connectivity index (χ2n) is 3.53. The molecule has 1 rings (SSSR count). The van der Waals surface area contributed by atoms with Crippen LogP contribution < -0.4 is 11.1 Å². The Balaban J connectivity index is 2.11. The van der Waals surface area contributed by atoms with Gasteiger partial charge >= 0.3 is 0 Å². The van der Waals surface area contributed by atoms with E-state index < -0.39 is 0 Å². The van der Waals surface area contributed by atoms with Crippen molar-refractivity contribution in [2.45, 2.75) is 12.5 Å². The number of nitrogens with two attached hydrogens (primary N) is 1. The van der Waals surface area contributed by atoms with Crippen LogP contribution in [0.3, 0.4) is 0 Å². The number of nitrogens with one attached hydrogen (secondary N) is 1. The van der Waals surface area contributed by atoms with Gasteiger partial charge in [-0.15, -0.1) is 0 Å². The molecule has 13 heavy (non-hydrogen) atoms. The summed E-state index contributed by atoms with van der Waals surface area (Å²) in [6.07, 6.45) is 1.12. The Bertz CT molecular complexity index is 132. The van der Waals surface area contributed by atoms with Gasteiger partial charge in [-0.05, 0) is 6.42 Å². The van der Waals surface area contributed by atoms with E-state index in [1.807, 2.05) is 0 Å². The van der Waals surface area contributed by atoms with Gasteiger partial charge in [0.25, 0.3) is 0 Å². The molecular formula is C9H21N3O. The zero-order valence-electron chi connectivity index (χ0n) is 8.46. The minimum atomic E-state index is 0.483.